The molecule has 0 radical (unpaired) electrons. The molecule has 5 rings (SSSR count). The number of carbonyl (C=O) groups is 1. The molecule has 5 nitrogen and oxygen atoms in total. The minimum atomic E-state index is 0.171. The molecule has 162 valence electrons. The van der Waals surface area contributed by atoms with E-state index in [4.69, 9.17) is 4.98 Å². The van der Waals surface area contributed by atoms with Gasteiger partial charge >= 0.3 is 0 Å². The molecular weight excluding hydrogens is 404 g/mol. The number of hydrogen-bond acceptors (Lipinski definition) is 5. The maximum Gasteiger partial charge on any atom is 0.234 e. The highest BCUT2D eigenvalue weighted by Gasteiger charge is 2.27. The van der Waals surface area contributed by atoms with E-state index in [1.165, 1.54) is 15.3 Å². The van der Waals surface area contributed by atoms with Crippen molar-refractivity contribution in [1.82, 2.24) is 20.1 Å². The lowest BCUT2D eigenvalue weighted by molar-refractivity contribution is -0.123. The standard InChI is InChI=1S/C25H30N4OS/c30-24(26-21-12-15-29(17-21)16-19-6-2-1-3-7-19)18-28-13-10-20(11-14-28)25-27-22-8-4-5-9-23(22)31-25/h1-9,20-21H,10-18H2,(H,26,30)/t21-/m0/s1. The number of likely N-dealkylation sites (tertiary alicyclic amines) is 2. The normalized spacial score (nSPS) is 21.0. The molecule has 0 aliphatic carbocycles. The van der Waals surface area contributed by atoms with Crippen LogP contribution < -0.4 is 5.32 Å². The van der Waals surface area contributed by atoms with Gasteiger partial charge in [0.15, 0.2) is 0 Å². The number of nitrogens with zero attached hydrogens (tertiary/aromatic N) is 3. The molecular formula is C25H30N4OS. The Morgan fingerprint density at radius 2 is 1.71 bits per heavy atom. The summed E-state index contributed by atoms with van der Waals surface area (Å²) in [7, 11) is 0. The fourth-order valence-electron chi connectivity index (χ4n) is 4.81. The predicted molar refractivity (Wildman–Crippen MR) is 126 cm³/mol. The maximum absolute atomic E-state index is 12.6. The maximum atomic E-state index is 12.6. The van der Waals surface area contributed by atoms with Crippen LogP contribution in [0.5, 0.6) is 0 Å². The second-order valence-corrected chi connectivity index (χ2v) is 9.91. The third-order valence-electron chi connectivity index (χ3n) is 6.50. The zero-order valence-electron chi connectivity index (χ0n) is 17.9. The summed E-state index contributed by atoms with van der Waals surface area (Å²) in [6.45, 7) is 5.42. The fraction of sp³-hybridized carbons (Fsp3) is 0.440. The number of aromatic nitrogens is 1. The van der Waals surface area contributed by atoms with E-state index in [9.17, 15) is 4.79 Å². The summed E-state index contributed by atoms with van der Waals surface area (Å²) in [4.78, 5) is 22.2. The number of amides is 1. The van der Waals surface area contributed by atoms with Gasteiger partial charge in [-0.1, -0.05) is 42.5 Å². The third-order valence-corrected chi connectivity index (χ3v) is 7.70. The van der Waals surface area contributed by atoms with Gasteiger partial charge in [0.1, 0.15) is 0 Å². The molecule has 2 aliphatic rings. The van der Waals surface area contributed by atoms with Crippen LogP contribution in [0, 0.1) is 0 Å². The molecule has 0 spiro atoms. The Morgan fingerprint density at radius 3 is 2.52 bits per heavy atom. The molecule has 2 saturated heterocycles. The average Bonchev–Trinajstić information content (AvgIpc) is 3.41. The Balaban J connectivity index is 1.06. The van der Waals surface area contributed by atoms with Crippen LogP contribution in [0.2, 0.25) is 0 Å². The summed E-state index contributed by atoms with van der Waals surface area (Å²) in [5.74, 6) is 0.697. The van der Waals surface area contributed by atoms with Gasteiger partial charge in [0.25, 0.3) is 0 Å². The molecule has 0 unspecified atom stereocenters. The molecule has 3 heterocycles. The molecule has 1 N–H and O–H groups in total. The summed E-state index contributed by atoms with van der Waals surface area (Å²) in [6, 6.07) is 19.2. The lowest BCUT2D eigenvalue weighted by atomic mass is 9.97. The first-order valence-electron chi connectivity index (χ1n) is 11.4. The van der Waals surface area contributed by atoms with Crippen molar-refractivity contribution in [3.05, 3.63) is 65.2 Å². The SMILES string of the molecule is O=C(CN1CCC(c2nc3ccccc3s2)CC1)N[C@H]1CCN(Cc2ccccc2)C1. The number of para-hydroxylation sites is 1. The van der Waals surface area contributed by atoms with Crippen molar-refractivity contribution in [1.29, 1.82) is 0 Å². The van der Waals surface area contributed by atoms with Crippen LogP contribution in [0.15, 0.2) is 54.6 Å². The molecule has 2 fully saturated rings. The van der Waals surface area contributed by atoms with Gasteiger partial charge in [-0.05, 0) is 50.0 Å². The van der Waals surface area contributed by atoms with Gasteiger partial charge in [0.05, 0.1) is 21.8 Å². The Labute approximate surface area is 188 Å². The molecule has 1 amide bonds. The van der Waals surface area contributed by atoms with Crippen molar-refractivity contribution in [3.8, 4) is 0 Å². The van der Waals surface area contributed by atoms with Gasteiger partial charge < -0.3 is 5.32 Å². The zero-order chi connectivity index (χ0) is 21.0. The van der Waals surface area contributed by atoms with Gasteiger partial charge in [0, 0.05) is 31.6 Å². The van der Waals surface area contributed by atoms with Gasteiger partial charge in [0.2, 0.25) is 5.91 Å². The average molecular weight is 435 g/mol. The first-order chi connectivity index (χ1) is 15.2. The van der Waals surface area contributed by atoms with Gasteiger partial charge in [-0.25, -0.2) is 4.98 Å². The first-order valence-corrected chi connectivity index (χ1v) is 12.2. The summed E-state index contributed by atoms with van der Waals surface area (Å²) in [6.07, 6.45) is 3.21. The lowest BCUT2D eigenvalue weighted by Gasteiger charge is -2.30. The number of piperidine rings is 1. The monoisotopic (exact) mass is 434 g/mol. The van der Waals surface area contributed by atoms with Crippen molar-refractivity contribution >= 4 is 27.5 Å². The Hall–Kier alpha value is -2.28. The number of rotatable bonds is 6. The molecule has 0 bridgehead atoms. The van der Waals surface area contributed by atoms with E-state index in [0.717, 1.165) is 57.5 Å². The van der Waals surface area contributed by atoms with Crippen molar-refractivity contribution in [3.63, 3.8) is 0 Å². The van der Waals surface area contributed by atoms with Crippen molar-refractivity contribution in [2.24, 2.45) is 0 Å². The fourth-order valence-corrected chi connectivity index (χ4v) is 5.95. The first kappa shape index (κ1) is 20.6. The Bertz CT molecular complexity index is 980. The minimum absolute atomic E-state index is 0.171. The summed E-state index contributed by atoms with van der Waals surface area (Å²) >= 11 is 1.83. The Morgan fingerprint density at radius 1 is 0.968 bits per heavy atom. The number of nitrogens with one attached hydrogen (secondary N) is 1. The highest BCUT2D eigenvalue weighted by atomic mass is 32.1. The highest BCUT2D eigenvalue weighted by molar-refractivity contribution is 7.18. The van der Waals surface area contributed by atoms with E-state index in [1.807, 2.05) is 11.3 Å². The summed E-state index contributed by atoms with van der Waals surface area (Å²) in [5.41, 5.74) is 2.45. The van der Waals surface area contributed by atoms with Crippen molar-refractivity contribution in [2.75, 3.05) is 32.7 Å². The molecule has 2 aliphatic heterocycles. The van der Waals surface area contributed by atoms with Gasteiger partial charge in [-0.2, -0.15) is 0 Å². The highest BCUT2D eigenvalue weighted by Crippen LogP contribution is 2.33. The third kappa shape index (κ3) is 5.14. The predicted octanol–water partition coefficient (Wildman–Crippen LogP) is 3.87. The molecule has 1 atom stereocenters. The zero-order valence-corrected chi connectivity index (χ0v) is 18.7. The van der Waals surface area contributed by atoms with Crippen molar-refractivity contribution in [2.45, 2.75) is 37.8 Å². The second kappa shape index (κ2) is 9.47. The van der Waals surface area contributed by atoms with E-state index in [1.54, 1.807) is 0 Å². The van der Waals surface area contributed by atoms with Crippen LogP contribution in [-0.4, -0.2) is 59.5 Å². The number of carbonyl (C=O) groups excluding carboxylic acids is 1. The van der Waals surface area contributed by atoms with Crippen molar-refractivity contribution < 1.29 is 4.79 Å². The van der Waals surface area contributed by atoms with Crippen LogP contribution in [0.1, 0.15) is 35.8 Å². The Kier molecular flexibility index (Phi) is 6.30. The molecule has 1 aromatic heterocycles. The molecule has 6 heteroatoms. The van der Waals surface area contributed by atoms with Crippen LogP contribution in [0.25, 0.3) is 10.2 Å². The molecule has 3 aromatic rings. The van der Waals surface area contributed by atoms with Crippen LogP contribution in [0.3, 0.4) is 0 Å². The number of hydrogen-bond donors (Lipinski definition) is 1. The quantitative estimate of drug-likeness (QED) is 0.640. The van der Waals surface area contributed by atoms with Crippen LogP contribution in [-0.2, 0) is 11.3 Å². The number of fused-ring (bicyclic) bond motifs is 1. The van der Waals surface area contributed by atoms with Gasteiger partial charge in [-0.3, -0.25) is 14.6 Å². The molecule has 31 heavy (non-hydrogen) atoms. The van der Waals surface area contributed by atoms with Crippen LogP contribution in [0.4, 0.5) is 0 Å². The van der Waals surface area contributed by atoms with E-state index < -0.39 is 0 Å². The second-order valence-electron chi connectivity index (χ2n) is 8.84. The van der Waals surface area contributed by atoms with Gasteiger partial charge in [-0.15, -0.1) is 11.3 Å². The summed E-state index contributed by atoms with van der Waals surface area (Å²) < 4.78 is 1.28. The largest absolute Gasteiger partial charge is 0.351 e. The van der Waals surface area contributed by atoms with Crippen LogP contribution >= 0.6 is 11.3 Å². The van der Waals surface area contributed by atoms with E-state index >= 15 is 0 Å². The summed E-state index contributed by atoms with van der Waals surface area (Å²) in [5, 5.41) is 4.53. The smallest absolute Gasteiger partial charge is 0.234 e. The lowest BCUT2D eigenvalue weighted by Crippen LogP contribution is -2.45. The van der Waals surface area contributed by atoms with E-state index in [0.29, 0.717) is 12.5 Å². The molecule has 0 saturated carbocycles. The topological polar surface area (TPSA) is 48.5 Å². The molecule has 2 aromatic carbocycles. The van der Waals surface area contributed by atoms with E-state index in [2.05, 4.69) is 69.7 Å². The number of thiazole rings is 1. The number of benzene rings is 2. The minimum Gasteiger partial charge on any atom is -0.351 e. The van der Waals surface area contributed by atoms with E-state index in [-0.39, 0.29) is 11.9 Å².